The van der Waals surface area contributed by atoms with Crippen LogP contribution < -0.4 is 16.1 Å². The maximum absolute atomic E-state index is 12.0. The van der Waals surface area contributed by atoms with Gasteiger partial charge in [-0.2, -0.15) is 0 Å². The van der Waals surface area contributed by atoms with E-state index in [1.165, 1.54) is 0 Å². The predicted molar refractivity (Wildman–Crippen MR) is 99.1 cm³/mol. The number of carbonyl (C=O) groups excluding carboxylic acids is 2. The number of nitrogens with one attached hydrogen (secondary N) is 3. The largest absolute Gasteiger partial charge is 0.332 e. The van der Waals surface area contributed by atoms with Crippen LogP contribution in [0.2, 0.25) is 5.02 Å². The molecule has 1 atom stereocenters. The van der Waals surface area contributed by atoms with E-state index in [0.717, 1.165) is 5.56 Å². The van der Waals surface area contributed by atoms with E-state index < -0.39 is 18.0 Å². The number of urea groups is 1. The van der Waals surface area contributed by atoms with Gasteiger partial charge in [-0.05, 0) is 30.0 Å². The van der Waals surface area contributed by atoms with E-state index in [1.54, 1.807) is 22.4 Å². The van der Waals surface area contributed by atoms with Gasteiger partial charge in [-0.25, -0.2) is 15.0 Å². The first-order valence-electron chi connectivity index (χ1n) is 8.49. The first-order chi connectivity index (χ1) is 12.9. The summed E-state index contributed by atoms with van der Waals surface area (Å²) in [5.74, 6) is -0.495. The Morgan fingerprint density at radius 3 is 2.78 bits per heavy atom. The number of hydrogen-bond donors (Lipinski definition) is 4. The molecule has 0 bridgehead atoms. The lowest BCUT2D eigenvalue weighted by Gasteiger charge is -2.18. The summed E-state index contributed by atoms with van der Waals surface area (Å²) in [6.45, 7) is 4.48. The molecule has 0 fully saturated rings. The number of amides is 3. The number of hydroxylamine groups is 1. The van der Waals surface area contributed by atoms with Gasteiger partial charge in [0.05, 0.1) is 19.3 Å². The number of aromatic nitrogens is 3. The lowest BCUT2D eigenvalue weighted by molar-refractivity contribution is -0.131. The maximum Gasteiger partial charge on any atom is 0.315 e. The third-order valence-electron chi connectivity index (χ3n) is 3.69. The molecule has 0 aliphatic heterocycles. The molecule has 0 radical (unpaired) electrons. The summed E-state index contributed by atoms with van der Waals surface area (Å²) in [6, 6.07) is 6.07. The van der Waals surface area contributed by atoms with E-state index in [4.69, 9.17) is 16.8 Å². The molecule has 1 aromatic carbocycles. The van der Waals surface area contributed by atoms with Crippen LogP contribution in [0.5, 0.6) is 0 Å². The molecule has 146 valence electrons. The third kappa shape index (κ3) is 6.87. The van der Waals surface area contributed by atoms with E-state index >= 15 is 0 Å². The van der Waals surface area contributed by atoms with Crippen LogP contribution in [0, 0.1) is 5.92 Å². The third-order valence-corrected chi connectivity index (χ3v) is 3.92. The van der Waals surface area contributed by atoms with Crippen molar-refractivity contribution in [3.05, 3.63) is 46.7 Å². The number of halogens is 1. The molecule has 0 aliphatic rings. The van der Waals surface area contributed by atoms with Gasteiger partial charge in [0, 0.05) is 5.02 Å². The molecule has 0 unspecified atom stereocenters. The Morgan fingerprint density at radius 1 is 1.33 bits per heavy atom. The fourth-order valence-corrected chi connectivity index (χ4v) is 2.69. The second kappa shape index (κ2) is 9.89. The highest BCUT2D eigenvalue weighted by atomic mass is 35.5. The predicted octanol–water partition coefficient (Wildman–Crippen LogP) is 1.70. The molecule has 0 spiro atoms. The summed E-state index contributed by atoms with van der Waals surface area (Å²) in [7, 11) is 0. The average molecular weight is 395 g/mol. The number of carbonyl (C=O) groups is 2. The van der Waals surface area contributed by atoms with E-state index in [0.29, 0.717) is 23.7 Å². The van der Waals surface area contributed by atoms with Gasteiger partial charge in [-0.1, -0.05) is 42.8 Å². The lowest BCUT2D eigenvalue weighted by Crippen LogP contribution is -2.49. The molecule has 1 heterocycles. The Balaban J connectivity index is 1.86. The maximum atomic E-state index is 12.0. The van der Waals surface area contributed by atoms with Crippen molar-refractivity contribution >= 4 is 23.5 Å². The Morgan fingerprint density at radius 2 is 2.11 bits per heavy atom. The number of rotatable bonds is 8. The normalized spacial score (nSPS) is 11.9. The summed E-state index contributed by atoms with van der Waals surface area (Å²) in [5, 5.41) is 22.6. The highest BCUT2D eigenvalue weighted by Crippen LogP contribution is 2.11. The average Bonchev–Trinajstić information content (AvgIpc) is 3.05. The van der Waals surface area contributed by atoms with Crippen LogP contribution >= 0.6 is 11.6 Å². The lowest BCUT2D eigenvalue weighted by atomic mass is 10.0. The van der Waals surface area contributed by atoms with Crippen LogP contribution in [0.1, 0.15) is 31.5 Å². The van der Waals surface area contributed by atoms with E-state index in [9.17, 15) is 9.59 Å². The molecule has 1 aromatic heterocycles. The van der Waals surface area contributed by atoms with Crippen LogP contribution in [0.25, 0.3) is 0 Å². The van der Waals surface area contributed by atoms with Crippen molar-refractivity contribution in [3.8, 4) is 0 Å². The molecule has 0 saturated carbocycles. The molecule has 3 amide bonds. The van der Waals surface area contributed by atoms with Gasteiger partial charge >= 0.3 is 6.03 Å². The minimum absolute atomic E-state index is 0.149. The standard InChI is InChI=1S/C17H23ClN6O3/c1-11(2)6-15(16(25)22-27)20-17(26)19-8-14-10-24(23-21-14)9-12-4-3-5-13(18)7-12/h3-5,7,10-11,15,27H,6,8-9H2,1-2H3,(H,22,25)(H2,19,20,26)/t15-/m0/s1. The molecule has 9 nitrogen and oxygen atoms in total. The summed E-state index contributed by atoms with van der Waals surface area (Å²) < 4.78 is 1.64. The molecule has 0 aliphatic carbocycles. The molecule has 2 aromatic rings. The van der Waals surface area contributed by atoms with Crippen molar-refractivity contribution in [3.63, 3.8) is 0 Å². The van der Waals surface area contributed by atoms with Gasteiger partial charge < -0.3 is 10.6 Å². The molecular weight excluding hydrogens is 372 g/mol. The molecule has 2 rings (SSSR count). The van der Waals surface area contributed by atoms with E-state index in [1.807, 2.05) is 32.0 Å². The topological polar surface area (TPSA) is 121 Å². The zero-order valence-electron chi connectivity index (χ0n) is 15.1. The van der Waals surface area contributed by atoms with Gasteiger partial charge in [0.15, 0.2) is 0 Å². The van der Waals surface area contributed by atoms with E-state index in [2.05, 4.69) is 20.9 Å². The number of nitrogens with zero attached hydrogens (tertiary/aromatic N) is 3. The Hall–Kier alpha value is -2.65. The smallest absolute Gasteiger partial charge is 0.315 e. The van der Waals surface area contributed by atoms with Crippen LogP contribution in [-0.4, -0.2) is 38.2 Å². The van der Waals surface area contributed by atoms with Crippen LogP contribution in [0.4, 0.5) is 4.79 Å². The van der Waals surface area contributed by atoms with Crippen molar-refractivity contribution in [2.75, 3.05) is 0 Å². The van der Waals surface area contributed by atoms with Crippen LogP contribution in [0.3, 0.4) is 0 Å². The molecule has 4 N–H and O–H groups in total. The number of benzene rings is 1. The summed E-state index contributed by atoms with van der Waals surface area (Å²) in [5.41, 5.74) is 3.11. The monoisotopic (exact) mass is 394 g/mol. The fraction of sp³-hybridized carbons (Fsp3) is 0.412. The molecule has 0 saturated heterocycles. The van der Waals surface area contributed by atoms with Crippen molar-refractivity contribution in [2.24, 2.45) is 5.92 Å². The van der Waals surface area contributed by atoms with Gasteiger partial charge in [0.2, 0.25) is 0 Å². The fourth-order valence-electron chi connectivity index (χ4n) is 2.48. The summed E-state index contributed by atoms with van der Waals surface area (Å²) >= 11 is 5.96. The Labute approximate surface area is 162 Å². The Bertz CT molecular complexity index is 780. The molecule has 10 heteroatoms. The highest BCUT2D eigenvalue weighted by molar-refractivity contribution is 6.30. The van der Waals surface area contributed by atoms with Crippen molar-refractivity contribution in [2.45, 2.75) is 39.4 Å². The quantitative estimate of drug-likeness (QED) is 0.401. The molecular formula is C17H23ClN6O3. The SMILES string of the molecule is CC(C)C[C@H](NC(=O)NCc1cn(Cc2cccc(Cl)c2)nn1)C(=O)NO. The Kier molecular flexibility index (Phi) is 7.56. The van der Waals surface area contributed by atoms with Crippen molar-refractivity contribution in [1.82, 2.24) is 31.1 Å². The van der Waals surface area contributed by atoms with Crippen molar-refractivity contribution in [1.29, 1.82) is 0 Å². The zero-order valence-corrected chi connectivity index (χ0v) is 15.9. The van der Waals surface area contributed by atoms with Gasteiger partial charge in [0.25, 0.3) is 5.91 Å². The van der Waals surface area contributed by atoms with E-state index in [-0.39, 0.29) is 12.5 Å². The van der Waals surface area contributed by atoms with Gasteiger partial charge in [-0.3, -0.25) is 10.0 Å². The van der Waals surface area contributed by atoms with Gasteiger partial charge in [0.1, 0.15) is 11.7 Å². The first-order valence-corrected chi connectivity index (χ1v) is 8.87. The number of hydrogen-bond acceptors (Lipinski definition) is 5. The summed E-state index contributed by atoms with van der Waals surface area (Å²) in [6.07, 6.45) is 2.11. The van der Waals surface area contributed by atoms with Crippen LogP contribution in [0.15, 0.2) is 30.5 Å². The highest BCUT2D eigenvalue weighted by Gasteiger charge is 2.21. The first kappa shape index (κ1) is 20.7. The summed E-state index contributed by atoms with van der Waals surface area (Å²) in [4.78, 5) is 23.6. The van der Waals surface area contributed by atoms with Gasteiger partial charge in [-0.15, -0.1) is 5.10 Å². The van der Waals surface area contributed by atoms with Crippen LogP contribution in [-0.2, 0) is 17.9 Å². The minimum Gasteiger partial charge on any atom is -0.332 e. The molecule has 27 heavy (non-hydrogen) atoms. The second-order valence-corrected chi connectivity index (χ2v) is 6.96. The second-order valence-electron chi connectivity index (χ2n) is 6.52. The van der Waals surface area contributed by atoms with Crippen molar-refractivity contribution < 1.29 is 14.8 Å². The zero-order chi connectivity index (χ0) is 19.8. The minimum atomic E-state index is -0.825.